The smallest absolute Gasteiger partial charge is 0.270 e. The average Bonchev–Trinajstić information content (AvgIpc) is 3.18. The number of aliphatic hydroxyl groups is 1. The molecule has 0 unspecified atom stereocenters. The van der Waals surface area contributed by atoms with Gasteiger partial charge in [0.05, 0.1) is 24.5 Å². The molecule has 168 valence electrons. The number of nitrogens with one attached hydrogen (secondary N) is 1. The number of amides is 1. The van der Waals surface area contributed by atoms with Gasteiger partial charge >= 0.3 is 0 Å². The van der Waals surface area contributed by atoms with Crippen molar-refractivity contribution in [2.24, 2.45) is 5.73 Å². The molecule has 3 heterocycles. The first kappa shape index (κ1) is 22.3. The van der Waals surface area contributed by atoms with Gasteiger partial charge in [-0.15, -0.1) is 0 Å². The predicted octanol–water partition coefficient (Wildman–Crippen LogP) is 3.11. The number of benzene rings is 1. The largest absolute Gasteiger partial charge is 0.386 e. The van der Waals surface area contributed by atoms with Crippen LogP contribution in [0.2, 0.25) is 0 Å². The maximum atomic E-state index is 12.0. The molecule has 0 spiro atoms. The number of primary amides is 1. The molecule has 0 radical (unpaired) electrons. The molecule has 1 aliphatic heterocycles. The van der Waals surface area contributed by atoms with Crippen molar-refractivity contribution >= 4 is 28.1 Å². The fourth-order valence-electron chi connectivity index (χ4n) is 3.46. The first-order valence-electron chi connectivity index (χ1n) is 10.5. The third-order valence-electron chi connectivity index (χ3n) is 5.24. The highest BCUT2D eigenvalue weighted by Crippen LogP contribution is 2.34. The number of carbonyl (C=O) groups is 1. The molecule has 8 nitrogen and oxygen atoms in total. The lowest BCUT2D eigenvalue weighted by Crippen LogP contribution is -2.35. The zero-order valence-corrected chi connectivity index (χ0v) is 19.0. The summed E-state index contributed by atoms with van der Waals surface area (Å²) in [7, 11) is 0. The molecular weight excluding hydrogens is 426 g/mol. The minimum absolute atomic E-state index is 0.178. The Morgan fingerprint density at radius 3 is 2.56 bits per heavy atom. The van der Waals surface area contributed by atoms with Crippen molar-refractivity contribution in [2.45, 2.75) is 26.0 Å². The van der Waals surface area contributed by atoms with Crippen LogP contribution < -0.4 is 11.1 Å². The second-order valence-electron chi connectivity index (χ2n) is 8.23. The van der Waals surface area contributed by atoms with E-state index >= 15 is 0 Å². The molecule has 1 aliphatic rings. The molecule has 9 heteroatoms. The van der Waals surface area contributed by atoms with Crippen LogP contribution in [0.15, 0.2) is 42.5 Å². The van der Waals surface area contributed by atoms with Gasteiger partial charge in [-0.25, -0.2) is 9.97 Å². The summed E-state index contributed by atoms with van der Waals surface area (Å²) in [5.41, 5.74) is 7.41. The standard InChI is InChI=1S/C23H27N5O3S/c1-23(2,30)16-8-6-15(7-9-16)21-27-19(20(24)29)22(32-21)26-18-5-3-4-17(25-18)14-28-10-12-31-13-11-28/h3-9,30H,10-14H2,1-2H3,(H2,24,29)(H,25,26). The van der Waals surface area contributed by atoms with Crippen LogP contribution >= 0.6 is 11.3 Å². The molecule has 1 fully saturated rings. The summed E-state index contributed by atoms with van der Waals surface area (Å²) in [5.74, 6) is 0.0263. The van der Waals surface area contributed by atoms with E-state index < -0.39 is 11.5 Å². The molecule has 3 aromatic rings. The second kappa shape index (κ2) is 9.33. The Morgan fingerprint density at radius 1 is 1.19 bits per heavy atom. The molecule has 4 N–H and O–H groups in total. The summed E-state index contributed by atoms with van der Waals surface area (Å²) >= 11 is 1.34. The van der Waals surface area contributed by atoms with E-state index in [4.69, 9.17) is 10.5 Å². The van der Waals surface area contributed by atoms with Gasteiger partial charge in [-0.1, -0.05) is 41.7 Å². The lowest BCUT2D eigenvalue weighted by Gasteiger charge is -2.26. The second-order valence-corrected chi connectivity index (χ2v) is 9.22. The number of rotatable bonds is 7. The van der Waals surface area contributed by atoms with E-state index in [0.717, 1.165) is 49.7 Å². The number of anilines is 2. The molecule has 1 aromatic carbocycles. The van der Waals surface area contributed by atoms with E-state index in [-0.39, 0.29) is 5.69 Å². The third-order valence-corrected chi connectivity index (χ3v) is 6.26. The minimum atomic E-state index is -0.926. The first-order chi connectivity index (χ1) is 15.3. The number of nitrogens with zero attached hydrogens (tertiary/aromatic N) is 3. The van der Waals surface area contributed by atoms with Gasteiger partial charge in [0.2, 0.25) is 0 Å². The topological polar surface area (TPSA) is 114 Å². The summed E-state index contributed by atoms with van der Waals surface area (Å²) in [6.07, 6.45) is 0. The molecule has 2 aromatic heterocycles. The Hall–Kier alpha value is -2.85. The van der Waals surface area contributed by atoms with Gasteiger partial charge in [-0.05, 0) is 31.5 Å². The zero-order valence-electron chi connectivity index (χ0n) is 18.2. The Balaban J connectivity index is 1.55. The molecule has 0 bridgehead atoms. The van der Waals surface area contributed by atoms with Gasteiger partial charge in [0.15, 0.2) is 5.69 Å². The summed E-state index contributed by atoms with van der Waals surface area (Å²) in [6.45, 7) is 7.45. The van der Waals surface area contributed by atoms with Crippen LogP contribution in [-0.2, 0) is 16.9 Å². The molecular formula is C23H27N5O3S. The highest BCUT2D eigenvalue weighted by molar-refractivity contribution is 7.19. The molecule has 4 rings (SSSR count). The van der Waals surface area contributed by atoms with Crippen LogP contribution in [-0.4, -0.2) is 52.2 Å². The van der Waals surface area contributed by atoms with E-state index in [0.29, 0.717) is 15.8 Å². The number of thiazole rings is 1. The quantitative estimate of drug-likeness (QED) is 0.504. The van der Waals surface area contributed by atoms with Crippen molar-refractivity contribution < 1.29 is 14.6 Å². The lowest BCUT2D eigenvalue weighted by molar-refractivity contribution is 0.0337. The van der Waals surface area contributed by atoms with Crippen LogP contribution in [0.25, 0.3) is 10.6 Å². The Labute approximate surface area is 191 Å². The lowest BCUT2D eigenvalue weighted by atomic mass is 9.97. The number of aromatic nitrogens is 2. The number of carbonyl (C=O) groups excluding carboxylic acids is 1. The number of hydrogen-bond donors (Lipinski definition) is 3. The SMILES string of the molecule is CC(C)(O)c1ccc(-c2nc(C(N)=O)c(Nc3cccc(CN4CCOCC4)n3)s2)cc1. The van der Waals surface area contributed by atoms with Crippen LogP contribution in [0, 0.1) is 0 Å². The van der Waals surface area contributed by atoms with Crippen molar-refractivity contribution in [3.05, 3.63) is 59.4 Å². The van der Waals surface area contributed by atoms with Gasteiger partial charge in [0.1, 0.15) is 15.8 Å². The molecule has 1 saturated heterocycles. The summed E-state index contributed by atoms with van der Waals surface area (Å²) in [5, 5.41) is 14.6. The summed E-state index contributed by atoms with van der Waals surface area (Å²) < 4.78 is 5.40. The number of morpholine rings is 1. The van der Waals surface area contributed by atoms with Gasteiger partial charge in [0.25, 0.3) is 5.91 Å². The van der Waals surface area contributed by atoms with Crippen molar-refractivity contribution in [3.8, 4) is 10.6 Å². The molecule has 32 heavy (non-hydrogen) atoms. The Kier molecular flexibility index (Phi) is 6.52. The molecule has 0 aliphatic carbocycles. The van der Waals surface area contributed by atoms with Crippen LogP contribution in [0.1, 0.15) is 35.6 Å². The van der Waals surface area contributed by atoms with Crippen molar-refractivity contribution in [1.29, 1.82) is 0 Å². The van der Waals surface area contributed by atoms with Crippen molar-refractivity contribution in [2.75, 3.05) is 31.6 Å². The minimum Gasteiger partial charge on any atom is -0.386 e. The van der Waals surface area contributed by atoms with Crippen LogP contribution in [0.4, 0.5) is 10.8 Å². The van der Waals surface area contributed by atoms with Gasteiger partial charge < -0.3 is 20.9 Å². The highest BCUT2D eigenvalue weighted by Gasteiger charge is 2.20. The fraction of sp³-hybridized carbons (Fsp3) is 0.348. The van der Waals surface area contributed by atoms with E-state index in [2.05, 4.69) is 20.2 Å². The third kappa shape index (κ3) is 5.31. The van der Waals surface area contributed by atoms with Crippen LogP contribution in [0.3, 0.4) is 0 Å². The Morgan fingerprint density at radius 2 is 1.91 bits per heavy atom. The molecule has 0 atom stereocenters. The first-order valence-corrected chi connectivity index (χ1v) is 11.3. The van der Waals surface area contributed by atoms with E-state index in [1.807, 2.05) is 42.5 Å². The summed E-state index contributed by atoms with van der Waals surface area (Å²) in [4.78, 5) is 23.5. The van der Waals surface area contributed by atoms with E-state index in [1.165, 1.54) is 11.3 Å². The van der Waals surface area contributed by atoms with Crippen molar-refractivity contribution in [3.63, 3.8) is 0 Å². The average molecular weight is 454 g/mol. The Bertz CT molecular complexity index is 1090. The van der Waals surface area contributed by atoms with E-state index in [9.17, 15) is 9.90 Å². The van der Waals surface area contributed by atoms with Gasteiger partial charge in [-0.2, -0.15) is 0 Å². The highest BCUT2D eigenvalue weighted by atomic mass is 32.1. The maximum absolute atomic E-state index is 12.0. The number of ether oxygens (including phenoxy) is 1. The number of nitrogens with two attached hydrogens (primary N) is 1. The van der Waals surface area contributed by atoms with Crippen molar-refractivity contribution in [1.82, 2.24) is 14.9 Å². The van der Waals surface area contributed by atoms with E-state index in [1.54, 1.807) is 13.8 Å². The number of hydrogen-bond acceptors (Lipinski definition) is 8. The van der Waals surface area contributed by atoms with Crippen LogP contribution in [0.5, 0.6) is 0 Å². The monoisotopic (exact) mass is 453 g/mol. The maximum Gasteiger partial charge on any atom is 0.270 e. The zero-order chi connectivity index (χ0) is 22.7. The fourth-order valence-corrected chi connectivity index (χ4v) is 4.44. The normalized spacial score (nSPS) is 15.0. The molecule has 0 saturated carbocycles. The van der Waals surface area contributed by atoms with Gasteiger partial charge in [0, 0.05) is 25.2 Å². The molecule has 1 amide bonds. The summed E-state index contributed by atoms with van der Waals surface area (Å²) in [6, 6.07) is 13.2. The van der Waals surface area contributed by atoms with Gasteiger partial charge in [-0.3, -0.25) is 9.69 Å². The number of pyridine rings is 1. The predicted molar refractivity (Wildman–Crippen MR) is 125 cm³/mol.